The summed E-state index contributed by atoms with van der Waals surface area (Å²) in [6.07, 6.45) is 2.26. The molecule has 0 spiro atoms. The lowest BCUT2D eigenvalue weighted by molar-refractivity contribution is 0.403. The number of nitrogens with zero attached hydrogens (tertiary/aromatic N) is 2. The minimum absolute atomic E-state index is 0.00238. The lowest BCUT2D eigenvalue weighted by Crippen LogP contribution is -2.60. The SMILES string of the molecule is Cc1cc2c3c(c1)N(c1cccc4c1C(C)(C)CC4(C)C)c1c(sc4cc(C(C)(C)C)ccc14)B3c1ccc(C(C)(C)C)cc1N2c1cccc2c1C(C)(C)CC2(C)C. The minimum Gasteiger partial charge on any atom is -0.311 e. The molecule has 0 fully saturated rings. The van der Waals surface area contributed by atoms with Gasteiger partial charge in [-0.1, -0.05) is 145 Å². The molecule has 4 heteroatoms. The van der Waals surface area contributed by atoms with Crippen molar-refractivity contribution in [2.75, 3.05) is 9.80 Å². The number of hydrogen-bond acceptors (Lipinski definition) is 3. The van der Waals surface area contributed by atoms with Crippen molar-refractivity contribution in [3.8, 4) is 0 Å². The van der Waals surface area contributed by atoms with Crippen LogP contribution in [-0.2, 0) is 32.5 Å². The summed E-state index contributed by atoms with van der Waals surface area (Å²) in [6.45, 7) is 36.3. The Morgan fingerprint density at radius 3 is 1.61 bits per heavy atom. The summed E-state index contributed by atoms with van der Waals surface area (Å²) in [4.78, 5) is 5.45. The van der Waals surface area contributed by atoms with E-state index in [1.165, 1.54) is 98.9 Å². The number of anilines is 6. The summed E-state index contributed by atoms with van der Waals surface area (Å²) in [6, 6.07) is 34.3. The van der Waals surface area contributed by atoms with Gasteiger partial charge in [0.1, 0.15) is 0 Å². The molecule has 0 radical (unpaired) electrons. The summed E-state index contributed by atoms with van der Waals surface area (Å²) >= 11 is 2.03. The standard InChI is InChI=1S/C55H63BN2S/c1-32-26-42-47-43(27-32)58(40-21-17-19-37-46(40)55(14,15)31-53(37,10)11)48-35-24-22-34(51(5,6)7)29-44(35)59-49(48)56(47)38-25-23-33(50(2,3)4)28-41(38)57(42)39-20-16-18-36-45(39)54(12,13)30-52(36,8)9/h16-29H,30-31H2,1-15H3. The smallest absolute Gasteiger partial charge is 0.264 e. The molecule has 0 atom stereocenters. The zero-order valence-electron chi connectivity index (χ0n) is 38.4. The monoisotopic (exact) mass is 794 g/mol. The molecule has 0 saturated heterocycles. The molecule has 0 saturated carbocycles. The highest BCUT2D eigenvalue weighted by Gasteiger charge is 2.51. The Bertz CT molecular complexity index is 2780. The predicted octanol–water partition coefficient (Wildman–Crippen LogP) is 13.8. The highest BCUT2D eigenvalue weighted by Crippen LogP contribution is 2.58. The van der Waals surface area contributed by atoms with Crippen molar-refractivity contribution in [1.29, 1.82) is 0 Å². The number of fused-ring (bicyclic) bond motifs is 8. The molecule has 59 heavy (non-hydrogen) atoms. The van der Waals surface area contributed by atoms with Crippen LogP contribution in [0.5, 0.6) is 0 Å². The van der Waals surface area contributed by atoms with E-state index in [1.54, 1.807) is 0 Å². The van der Waals surface area contributed by atoms with Gasteiger partial charge in [0.25, 0.3) is 6.71 Å². The summed E-state index contributed by atoms with van der Waals surface area (Å²) < 4.78 is 2.84. The second-order valence-electron chi connectivity index (χ2n) is 23.4. The third-order valence-electron chi connectivity index (χ3n) is 14.7. The van der Waals surface area contributed by atoms with Crippen molar-refractivity contribution in [2.45, 2.75) is 149 Å². The van der Waals surface area contributed by atoms with Crippen LogP contribution >= 0.6 is 11.3 Å². The van der Waals surface area contributed by atoms with Gasteiger partial charge in [-0.25, -0.2) is 0 Å². The Labute approximate surface area is 359 Å². The lowest BCUT2D eigenvalue weighted by Gasteiger charge is -2.45. The van der Waals surface area contributed by atoms with Crippen LogP contribution in [0, 0.1) is 6.92 Å². The van der Waals surface area contributed by atoms with Gasteiger partial charge in [-0.15, -0.1) is 11.3 Å². The number of thiophene rings is 1. The van der Waals surface area contributed by atoms with Gasteiger partial charge in [-0.3, -0.25) is 0 Å². The molecule has 3 heterocycles. The van der Waals surface area contributed by atoms with Gasteiger partial charge in [-0.2, -0.15) is 0 Å². The topological polar surface area (TPSA) is 6.48 Å². The quantitative estimate of drug-likeness (QED) is 0.161. The van der Waals surface area contributed by atoms with Crippen molar-refractivity contribution in [3.63, 3.8) is 0 Å². The van der Waals surface area contributed by atoms with E-state index < -0.39 is 0 Å². The molecular formula is C55H63BN2S. The maximum Gasteiger partial charge on any atom is 0.264 e. The summed E-state index contributed by atoms with van der Waals surface area (Å²) in [5.74, 6) is 0. The maximum atomic E-state index is 2.74. The van der Waals surface area contributed by atoms with E-state index in [9.17, 15) is 0 Å². The summed E-state index contributed by atoms with van der Waals surface area (Å²) in [7, 11) is 0. The van der Waals surface area contributed by atoms with Crippen molar-refractivity contribution in [1.82, 2.24) is 0 Å². The third kappa shape index (κ3) is 5.50. The van der Waals surface area contributed by atoms with Crippen LogP contribution in [0.4, 0.5) is 34.1 Å². The van der Waals surface area contributed by atoms with Gasteiger partial charge < -0.3 is 9.80 Å². The second-order valence-corrected chi connectivity index (χ2v) is 24.5. The summed E-state index contributed by atoms with van der Waals surface area (Å²) in [5.41, 5.74) is 21.2. The van der Waals surface area contributed by atoms with Gasteiger partial charge in [0.05, 0.1) is 17.1 Å². The number of hydrogen-bond donors (Lipinski definition) is 0. The highest BCUT2D eigenvalue weighted by atomic mass is 32.1. The molecule has 2 aliphatic carbocycles. The van der Waals surface area contributed by atoms with E-state index in [2.05, 4.69) is 199 Å². The molecular weight excluding hydrogens is 731 g/mol. The molecule has 4 aliphatic rings. The molecule has 302 valence electrons. The molecule has 0 bridgehead atoms. The van der Waals surface area contributed by atoms with E-state index in [0.29, 0.717) is 0 Å². The average molecular weight is 795 g/mol. The first kappa shape index (κ1) is 38.9. The van der Waals surface area contributed by atoms with Crippen LogP contribution in [0.25, 0.3) is 10.1 Å². The largest absolute Gasteiger partial charge is 0.311 e. The Hall–Kier alpha value is -4.28. The Morgan fingerprint density at radius 1 is 0.542 bits per heavy atom. The molecule has 2 aliphatic heterocycles. The van der Waals surface area contributed by atoms with Gasteiger partial charge in [0, 0.05) is 31.9 Å². The van der Waals surface area contributed by atoms with Crippen molar-refractivity contribution >= 4 is 78.0 Å². The number of aryl methyl sites for hydroxylation is 1. The first-order valence-electron chi connectivity index (χ1n) is 22.1. The Kier molecular flexibility index (Phi) is 7.89. The Morgan fingerprint density at radius 2 is 1.05 bits per heavy atom. The van der Waals surface area contributed by atoms with E-state index in [4.69, 9.17) is 0 Å². The van der Waals surface area contributed by atoms with Crippen LogP contribution in [0.3, 0.4) is 0 Å². The zero-order chi connectivity index (χ0) is 42.1. The normalized spacial score (nSPS) is 19.1. The van der Waals surface area contributed by atoms with Crippen LogP contribution in [0.2, 0.25) is 0 Å². The van der Waals surface area contributed by atoms with Crippen molar-refractivity contribution < 1.29 is 0 Å². The fraction of sp³-hybridized carbons (Fsp3) is 0.418. The minimum atomic E-state index is 0.00238. The molecule has 0 unspecified atom stereocenters. The van der Waals surface area contributed by atoms with E-state index in [1.807, 2.05) is 11.3 Å². The lowest BCUT2D eigenvalue weighted by atomic mass is 9.36. The first-order valence-corrected chi connectivity index (χ1v) is 23.0. The fourth-order valence-electron chi connectivity index (χ4n) is 12.6. The highest BCUT2D eigenvalue weighted by molar-refractivity contribution is 7.33. The second kappa shape index (κ2) is 12.0. The average Bonchev–Trinajstić information content (AvgIpc) is 3.67. The zero-order valence-corrected chi connectivity index (χ0v) is 39.2. The van der Waals surface area contributed by atoms with Crippen LogP contribution < -0.4 is 25.5 Å². The number of benzene rings is 5. The molecule has 0 N–H and O–H groups in total. The molecule has 0 amide bonds. The summed E-state index contributed by atoms with van der Waals surface area (Å²) in [5, 5.41) is 1.36. The fourth-order valence-corrected chi connectivity index (χ4v) is 14.0. The van der Waals surface area contributed by atoms with Crippen molar-refractivity contribution in [2.24, 2.45) is 0 Å². The van der Waals surface area contributed by atoms with Gasteiger partial charge >= 0.3 is 0 Å². The third-order valence-corrected chi connectivity index (χ3v) is 15.9. The van der Waals surface area contributed by atoms with Crippen LogP contribution in [0.1, 0.15) is 149 Å². The molecule has 6 aromatic rings. The first-order chi connectivity index (χ1) is 27.4. The van der Waals surface area contributed by atoms with Gasteiger partial charge in [0.15, 0.2) is 0 Å². The Balaban J connectivity index is 1.36. The van der Waals surface area contributed by atoms with Gasteiger partial charge in [-0.05, 0) is 139 Å². The molecule has 1 aromatic heterocycles. The molecule has 5 aromatic carbocycles. The van der Waals surface area contributed by atoms with Gasteiger partial charge in [0.2, 0.25) is 0 Å². The predicted molar refractivity (Wildman–Crippen MR) is 259 cm³/mol. The van der Waals surface area contributed by atoms with Crippen LogP contribution in [0.15, 0.2) is 84.9 Å². The van der Waals surface area contributed by atoms with E-state index in [0.717, 1.165) is 12.8 Å². The van der Waals surface area contributed by atoms with Crippen LogP contribution in [-0.4, -0.2) is 6.71 Å². The molecule has 10 rings (SSSR count). The van der Waals surface area contributed by atoms with E-state index in [-0.39, 0.29) is 39.2 Å². The van der Waals surface area contributed by atoms with E-state index >= 15 is 0 Å². The maximum absolute atomic E-state index is 2.74. The molecule has 2 nitrogen and oxygen atoms in total. The van der Waals surface area contributed by atoms with Crippen molar-refractivity contribution in [3.05, 3.63) is 124 Å². The number of rotatable bonds is 2.